The highest BCUT2D eigenvalue weighted by atomic mass is 79.9. The van der Waals surface area contributed by atoms with Crippen molar-refractivity contribution in [2.45, 2.75) is 12.8 Å². The molecule has 2 aromatic carbocycles. The second kappa shape index (κ2) is 9.25. The lowest BCUT2D eigenvalue weighted by atomic mass is 10.00. The highest BCUT2D eigenvalue weighted by Crippen LogP contribution is 2.24. The molecule has 0 spiro atoms. The summed E-state index contributed by atoms with van der Waals surface area (Å²) in [5.41, 5.74) is 0. The largest absolute Gasteiger partial charge is 0.484 e. The Labute approximate surface area is 156 Å². The monoisotopic (exact) mass is 412 g/mol. The van der Waals surface area contributed by atoms with Gasteiger partial charge in [0.05, 0.1) is 0 Å². The molecule has 1 heterocycles. The molecule has 0 bridgehead atoms. The number of rotatable bonds is 5. The molecule has 130 valence electrons. The van der Waals surface area contributed by atoms with Gasteiger partial charge in [0.1, 0.15) is 5.75 Å². The Morgan fingerprint density at radius 2 is 2.04 bits per heavy atom. The van der Waals surface area contributed by atoms with Crippen LogP contribution in [0.15, 0.2) is 40.9 Å². The third kappa shape index (κ3) is 5.36. The van der Waals surface area contributed by atoms with Crippen LogP contribution in [0.4, 0.5) is 0 Å². The van der Waals surface area contributed by atoms with E-state index in [9.17, 15) is 4.79 Å². The van der Waals surface area contributed by atoms with Gasteiger partial charge in [0.15, 0.2) is 6.61 Å². The van der Waals surface area contributed by atoms with Crippen molar-refractivity contribution in [1.29, 1.82) is 0 Å². The zero-order chi connectivity index (χ0) is 16.1. The molecule has 3 rings (SSSR count). The molecule has 0 aliphatic carbocycles. The molecule has 2 aromatic rings. The van der Waals surface area contributed by atoms with Crippen molar-refractivity contribution in [2.75, 3.05) is 26.2 Å². The van der Waals surface area contributed by atoms with Crippen molar-refractivity contribution in [3.63, 3.8) is 0 Å². The van der Waals surface area contributed by atoms with E-state index in [1.165, 1.54) is 12.8 Å². The van der Waals surface area contributed by atoms with Crippen LogP contribution in [0, 0.1) is 5.92 Å². The Kier molecular flexibility index (Phi) is 7.34. The maximum atomic E-state index is 11.9. The molecule has 2 N–H and O–H groups in total. The van der Waals surface area contributed by atoms with Crippen molar-refractivity contribution >= 4 is 45.0 Å². The zero-order valence-corrected chi connectivity index (χ0v) is 15.8. The molecule has 1 unspecified atom stereocenters. The van der Waals surface area contributed by atoms with Crippen LogP contribution in [0.5, 0.6) is 5.75 Å². The average Bonchev–Trinajstić information content (AvgIpc) is 2.59. The van der Waals surface area contributed by atoms with E-state index in [-0.39, 0.29) is 24.9 Å². The number of amides is 1. The number of hydrogen-bond donors (Lipinski definition) is 2. The third-order valence-corrected chi connectivity index (χ3v) is 4.62. The normalized spacial score (nSPS) is 17.1. The van der Waals surface area contributed by atoms with Crippen molar-refractivity contribution in [3.8, 4) is 5.75 Å². The summed E-state index contributed by atoms with van der Waals surface area (Å²) in [5.74, 6) is 1.19. The van der Waals surface area contributed by atoms with Gasteiger partial charge in [-0.25, -0.2) is 0 Å². The molecule has 0 aromatic heterocycles. The Bertz CT molecular complexity index is 690. The summed E-state index contributed by atoms with van der Waals surface area (Å²) in [6.07, 6.45) is 2.36. The molecule has 1 saturated heterocycles. The van der Waals surface area contributed by atoms with Crippen molar-refractivity contribution in [3.05, 3.63) is 40.9 Å². The molecule has 0 saturated carbocycles. The van der Waals surface area contributed by atoms with Gasteiger partial charge in [-0.3, -0.25) is 4.79 Å². The van der Waals surface area contributed by atoms with Gasteiger partial charge in [-0.15, -0.1) is 12.4 Å². The van der Waals surface area contributed by atoms with Gasteiger partial charge in [-0.1, -0.05) is 28.1 Å². The minimum atomic E-state index is -0.0634. The van der Waals surface area contributed by atoms with E-state index in [0.717, 1.165) is 34.9 Å². The van der Waals surface area contributed by atoms with E-state index in [1.54, 1.807) is 0 Å². The van der Waals surface area contributed by atoms with Gasteiger partial charge >= 0.3 is 0 Å². The number of carbonyl (C=O) groups is 1. The van der Waals surface area contributed by atoms with E-state index in [0.29, 0.717) is 11.7 Å². The number of hydrogen-bond acceptors (Lipinski definition) is 3. The molecular weight excluding hydrogens is 392 g/mol. The van der Waals surface area contributed by atoms with E-state index < -0.39 is 0 Å². The fourth-order valence-electron chi connectivity index (χ4n) is 2.84. The SMILES string of the molecule is Cl.O=C(COc1ccc2cc(Br)ccc2c1)NCC1CCCNC1. The number of fused-ring (bicyclic) bond motifs is 1. The van der Waals surface area contributed by atoms with Gasteiger partial charge in [-0.2, -0.15) is 0 Å². The summed E-state index contributed by atoms with van der Waals surface area (Å²) >= 11 is 3.46. The van der Waals surface area contributed by atoms with Crippen LogP contribution in [0.2, 0.25) is 0 Å². The molecule has 1 aliphatic heterocycles. The van der Waals surface area contributed by atoms with Gasteiger partial charge in [0.25, 0.3) is 5.91 Å². The zero-order valence-electron chi connectivity index (χ0n) is 13.4. The van der Waals surface area contributed by atoms with E-state index >= 15 is 0 Å². The predicted molar refractivity (Wildman–Crippen MR) is 103 cm³/mol. The van der Waals surface area contributed by atoms with Gasteiger partial charge in [0, 0.05) is 11.0 Å². The number of benzene rings is 2. The van der Waals surface area contributed by atoms with E-state index in [1.807, 2.05) is 30.3 Å². The van der Waals surface area contributed by atoms with Crippen LogP contribution in [-0.2, 0) is 4.79 Å². The summed E-state index contributed by atoms with van der Waals surface area (Å²) in [6.45, 7) is 2.86. The molecule has 4 nitrogen and oxygen atoms in total. The van der Waals surface area contributed by atoms with E-state index in [2.05, 4.69) is 32.6 Å². The fourth-order valence-corrected chi connectivity index (χ4v) is 3.22. The predicted octanol–water partition coefficient (Wildman–Crippen LogP) is 3.52. The van der Waals surface area contributed by atoms with Gasteiger partial charge in [0.2, 0.25) is 0 Å². The summed E-state index contributed by atoms with van der Waals surface area (Å²) in [6, 6.07) is 11.9. The van der Waals surface area contributed by atoms with Crippen LogP contribution >= 0.6 is 28.3 Å². The lowest BCUT2D eigenvalue weighted by Crippen LogP contribution is -2.39. The lowest BCUT2D eigenvalue weighted by molar-refractivity contribution is -0.123. The Morgan fingerprint density at radius 1 is 1.25 bits per heavy atom. The lowest BCUT2D eigenvalue weighted by Gasteiger charge is -2.22. The maximum Gasteiger partial charge on any atom is 0.257 e. The molecule has 1 fully saturated rings. The Morgan fingerprint density at radius 3 is 2.83 bits per heavy atom. The Hall–Kier alpha value is -1.30. The number of halogens is 2. The Balaban J connectivity index is 0.00000208. The van der Waals surface area contributed by atoms with Crippen LogP contribution in [0.1, 0.15) is 12.8 Å². The van der Waals surface area contributed by atoms with Crippen LogP contribution in [0.3, 0.4) is 0 Å². The first-order valence-corrected chi connectivity index (χ1v) is 8.79. The molecule has 24 heavy (non-hydrogen) atoms. The third-order valence-electron chi connectivity index (χ3n) is 4.13. The molecule has 6 heteroatoms. The first kappa shape index (κ1) is 19.0. The summed E-state index contributed by atoms with van der Waals surface area (Å²) < 4.78 is 6.66. The second-order valence-electron chi connectivity index (χ2n) is 5.96. The summed E-state index contributed by atoms with van der Waals surface area (Å²) in [7, 11) is 0. The minimum Gasteiger partial charge on any atom is -0.484 e. The number of ether oxygens (including phenoxy) is 1. The first-order valence-electron chi connectivity index (χ1n) is 8.00. The molecule has 0 radical (unpaired) electrons. The maximum absolute atomic E-state index is 11.9. The van der Waals surface area contributed by atoms with Crippen LogP contribution in [-0.4, -0.2) is 32.1 Å². The average molecular weight is 414 g/mol. The smallest absolute Gasteiger partial charge is 0.257 e. The van der Waals surface area contributed by atoms with Crippen molar-refractivity contribution in [2.24, 2.45) is 5.92 Å². The fraction of sp³-hybridized carbons (Fsp3) is 0.389. The molecular formula is C18H22BrClN2O2. The van der Waals surface area contributed by atoms with Crippen molar-refractivity contribution < 1.29 is 9.53 Å². The summed E-state index contributed by atoms with van der Waals surface area (Å²) in [5, 5.41) is 8.55. The van der Waals surface area contributed by atoms with Crippen molar-refractivity contribution in [1.82, 2.24) is 10.6 Å². The first-order chi connectivity index (χ1) is 11.2. The highest BCUT2D eigenvalue weighted by Gasteiger charge is 2.14. The second-order valence-corrected chi connectivity index (χ2v) is 6.87. The molecule has 1 aliphatic rings. The molecule has 1 atom stereocenters. The number of piperidine rings is 1. The summed E-state index contributed by atoms with van der Waals surface area (Å²) in [4.78, 5) is 11.9. The number of carbonyl (C=O) groups excluding carboxylic acids is 1. The standard InChI is InChI=1S/C18H21BrN2O2.ClH/c19-16-5-3-15-9-17(6-4-14(15)8-16)23-12-18(22)21-11-13-2-1-7-20-10-13;/h3-6,8-9,13,20H,1-2,7,10-12H2,(H,21,22);1H. The topological polar surface area (TPSA) is 50.4 Å². The molecule has 1 amide bonds. The van der Waals surface area contributed by atoms with Gasteiger partial charge < -0.3 is 15.4 Å². The quantitative estimate of drug-likeness (QED) is 0.788. The number of nitrogens with one attached hydrogen (secondary N) is 2. The highest BCUT2D eigenvalue weighted by molar-refractivity contribution is 9.10. The van der Waals surface area contributed by atoms with Crippen LogP contribution < -0.4 is 15.4 Å². The van der Waals surface area contributed by atoms with E-state index in [4.69, 9.17) is 4.74 Å². The minimum absolute atomic E-state index is 0. The van der Waals surface area contributed by atoms with Gasteiger partial charge in [-0.05, 0) is 66.9 Å². The van der Waals surface area contributed by atoms with Crippen LogP contribution in [0.25, 0.3) is 10.8 Å².